The van der Waals surface area contributed by atoms with Crippen molar-refractivity contribution in [3.05, 3.63) is 35.4 Å². The Morgan fingerprint density at radius 2 is 2.13 bits per heavy atom. The summed E-state index contributed by atoms with van der Waals surface area (Å²) in [6.07, 6.45) is 0.731. The monoisotopic (exact) mass is 225 g/mol. The van der Waals surface area contributed by atoms with Gasteiger partial charge in [-0.05, 0) is 17.5 Å². The molecule has 0 fully saturated rings. The Balaban J connectivity index is 2.72. The van der Waals surface area contributed by atoms with Crippen LogP contribution in [0.25, 0.3) is 0 Å². The lowest BCUT2D eigenvalue weighted by atomic mass is 10.0. The van der Waals surface area contributed by atoms with Crippen LogP contribution in [0.5, 0.6) is 0 Å². The van der Waals surface area contributed by atoms with Crippen LogP contribution < -0.4 is 5.73 Å². The van der Waals surface area contributed by atoms with Gasteiger partial charge in [-0.15, -0.1) is 0 Å². The molecule has 0 saturated carbocycles. The third kappa shape index (κ3) is 3.78. The zero-order chi connectivity index (χ0) is 11.3. The molecule has 0 unspecified atom stereocenters. The van der Waals surface area contributed by atoms with Crippen molar-refractivity contribution in [1.29, 1.82) is 0 Å². The number of nitrogens with two attached hydrogens (primary N) is 1. The van der Waals surface area contributed by atoms with Gasteiger partial charge in [0.1, 0.15) is 6.04 Å². The largest absolute Gasteiger partial charge is 0.480 e. The molecule has 0 bridgehead atoms. The Morgan fingerprint density at radius 1 is 1.47 bits per heavy atom. The van der Waals surface area contributed by atoms with Crippen LogP contribution >= 0.6 is 8.46 Å². The predicted octanol–water partition coefficient (Wildman–Crippen LogP) is 1.43. The number of carboxylic acid groups (broad SMARTS) is 1. The van der Waals surface area contributed by atoms with Gasteiger partial charge in [0.25, 0.3) is 0 Å². The van der Waals surface area contributed by atoms with Gasteiger partial charge in [0.2, 0.25) is 0 Å². The van der Waals surface area contributed by atoms with E-state index in [0.717, 1.165) is 11.1 Å². The van der Waals surface area contributed by atoms with E-state index < -0.39 is 12.0 Å². The van der Waals surface area contributed by atoms with Gasteiger partial charge in [0.05, 0.1) is 6.16 Å². The molecule has 15 heavy (non-hydrogen) atoms. The lowest BCUT2D eigenvalue weighted by Gasteiger charge is -2.06. The summed E-state index contributed by atoms with van der Waals surface area (Å²) in [5.74, 6) is -1.01. The molecule has 0 spiro atoms. The molecular formula is C10H12NO3P. The van der Waals surface area contributed by atoms with Crippen molar-refractivity contribution in [3.63, 3.8) is 0 Å². The number of benzene rings is 1. The molecule has 3 N–H and O–H groups in total. The van der Waals surface area contributed by atoms with Crippen LogP contribution in [-0.2, 0) is 21.9 Å². The van der Waals surface area contributed by atoms with Gasteiger partial charge in [-0.25, -0.2) is 0 Å². The van der Waals surface area contributed by atoms with Crippen LogP contribution in [0.15, 0.2) is 24.3 Å². The van der Waals surface area contributed by atoms with Crippen molar-refractivity contribution in [3.8, 4) is 0 Å². The highest BCUT2D eigenvalue weighted by Crippen LogP contribution is 2.12. The average Bonchev–Trinajstić information content (AvgIpc) is 2.18. The molecule has 80 valence electrons. The van der Waals surface area contributed by atoms with Gasteiger partial charge in [0, 0.05) is 0 Å². The first-order chi connectivity index (χ1) is 7.13. The van der Waals surface area contributed by atoms with Crippen LogP contribution in [-0.4, -0.2) is 17.1 Å². The second kappa shape index (κ2) is 5.59. The first-order valence-electron chi connectivity index (χ1n) is 4.49. The maximum absolute atomic E-state index is 10.5. The minimum absolute atomic E-state index is 0.0582. The number of aliphatic carboxylic acids is 1. The molecule has 0 aliphatic carbocycles. The zero-order valence-electron chi connectivity index (χ0n) is 8.09. The Labute approximate surface area is 89.3 Å². The third-order valence-electron chi connectivity index (χ3n) is 2.01. The van der Waals surface area contributed by atoms with Gasteiger partial charge in [-0.1, -0.05) is 24.3 Å². The fourth-order valence-corrected chi connectivity index (χ4v) is 1.62. The minimum atomic E-state index is -1.01. The molecule has 4 nitrogen and oxygen atoms in total. The molecule has 1 atom stereocenters. The highest BCUT2D eigenvalue weighted by Gasteiger charge is 2.11. The molecule has 0 heterocycles. The normalized spacial score (nSPS) is 12.6. The van der Waals surface area contributed by atoms with E-state index in [1.165, 1.54) is 0 Å². The van der Waals surface area contributed by atoms with Crippen LogP contribution in [0.1, 0.15) is 11.1 Å². The van der Waals surface area contributed by atoms with E-state index in [1.807, 2.05) is 24.3 Å². The molecule has 1 aromatic rings. The molecule has 0 radical (unpaired) electrons. The molecular weight excluding hydrogens is 213 g/mol. The standard InChI is InChI=1S/C10H12NO3P/c11-9(10(12)13)5-7-2-1-3-8(4-7)6-15-14/h1-4,9H,5-6,11H2,(H,12,13)/t9-/m0/s1. The minimum Gasteiger partial charge on any atom is -0.480 e. The topological polar surface area (TPSA) is 80.4 Å². The van der Waals surface area contributed by atoms with Crippen molar-refractivity contribution >= 4 is 14.4 Å². The highest BCUT2D eigenvalue weighted by atomic mass is 31.1. The number of carbonyl (C=O) groups is 1. The van der Waals surface area contributed by atoms with E-state index in [2.05, 4.69) is 0 Å². The van der Waals surface area contributed by atoms with E-state index in [0.29, 0.717) is 12.6 Å². The van der Waals surface area contributed by atoms with E-state index in [1.54, 1.807) is 0 Å². The number of carboxylic acids is 1. The smallest absolute Gasteiger partial charge is 0.320 e. The summed E-state index contributed by atoms with van der Waals surface area (Å²) < 4.78 is 10.4. The van der Waals surface area contributed by atoms with E-state index in [-0.39, 0.29) is 8.46 Å². The van der Waals surface area contributed by atoms with Crippen molar-refractivity contribution in [2.24, 2.45) is 5.73 Å². The second-order valence-electron chi connectivity index (χ2n) is 3.26. The molecule has 1 aromatic carbocycles. The molecule has 5 heteroatoms. The molecule has 0 saturated heterocycles. The van der Waals surface area contributed by atoms with Crippen LogP contribution in [0.3, 0.4) is 0 Å². The van der Waals surface area contributed by atoms with E-state index in [9.17, 15) is 9.36 Å². The first-order valence-corrected chi connectivity index (χ1v) is 5.48. The predicted molar refractivity (Wildman–Crippen MR) is 57.1 cm³/mol. The summed E-state index contributed by atoms with van der Waals surface area (Å²) in [7, 11) is 0.0582. The van der Waals surface area contributed by atoms with Gasteiger partial charge in [-0.3, -0.25) is 9.36 Å². The Hall–Kier alpha value is -1.25. The fourth-order valence-electron chi connectivity index (χ4n) is 1.27. The summed E-state index contributed by atoms with van der Waals surface area (Å²) in [5.41, 5.74) is 7.18. The Kier molecular flexibility index (Phi) is 4.40. The van der Waals surface area contributed by atoms with Crippen LogP contribution in [0.4, 0.5) is 0 Å². The maximum atomic E-state index is 10.5. The average molecular weight is 225 g/mol. The van der Waals surface area contributed by atoms with Gasteiger partial charge in [0.15, 0.2) is 8.46 Å². The molecule has 0 amide bonds. The molecule has 0 aliphatic rings. The van der Waals surface area contributed by atoms with Crippen LogP contribution in [0.2, 0.25) is 0 Å². The van der Waals surface area contributed by atoms with Gasteiger partial charge < -0.3 is 10.8 Å². The Bertz CT molecular complexity index is 367. The summed E-state index contributed by atoms with van der Waals surface area (Å²) in [5, 5.41) is 8.64. The summed E-state index contributed by atoms with van der Waals surface area (Å²) in [6, 6.07) is 6.41. The van der Waals surface area contributed by atoms with Crippen LogP contribution in [0, 0.1) is 0 Å². The van der Waals surface area contributed by atoms with E-state index in [4.69, 9.17) is 10.8 Å². The van der Waals surface area contributed by atoms with Crippen molar-refractivity contribution in [1.82, 2.24) is 0 Å². The fraction of sp³-hybridized carbons (Fsp3) is 0.300. The number of hydrogen-bond acceptors (Lipinski definition) is 3. The molecule has 0 aliphatic heterocycles. The third-order valence-corrected chi connectivity index (χ3v) is 2.51. The number of rotatable bonds is 5. The van der Waals surface area contributed by atoms with Gasteiger partial charge in [-0.2, -0.15) is 0 Å². The summed E-state index contributed by atoms with van der Waals surface area (Å²) in [4.78, 5) is 10.5. The SMILES string of the molecule is N[C@@H](Cc1cccc(CP=O)c1)C(=O)O. The maximum Gasteiger partial charge on any atom is 0.320 e. The lowest BCUT2D eigenvalue weighted by Crippen LogP contribution is -2.32. The highest BCUT2D eigenvalue weighted by molar-refractivity contribution is 7.22. The van der Waals surface area contributed by atoms with Crippen molar-refractivity contribution in [2.45, 2.75) is 18.6 Å². The first kappa shape index (κ1) is 11.8. The van der Waals surface area contributed by atoms with E-state index >= 15 is 0 Å². The number of hydrogen-bond donors (Lipinski definition) is 2. The van der Waals surface area contributed by atoms with Crippen molar-refractivity contribution in [2.75, 3.05) is 0 Å². The second-order valence-corrected chi connectivity index (χ2v) is 3.83. The Morgan fingerprint density at radius 3 is 2.73 bits per heavy atom. The summed E-state index contributed by atoms with van der Waals surface area (Å²) in [6.45, 7) is 0. The van der Waals surface area contributed by atoms with Gasteiger partial charge >= 0.3 is 5.97 Å². The lowest BCUT2D eigenvalue weighted by molar-refractivity contribution is -0.138. The quantitative estimate of drug-likeness (QED) is 0.743. The molecule has 0 aromatic heterocycles. The zero-order valence-corrected chi connectivity index (χ0v) is 8.98. The van der Waals surface area contributed by atoms with Crippen molar-refractivity contribution < 1.29 is 14.5 Å². The summed E-state index contributed by atoms with van der Waals surface area (Å²) >= 11 is 0. The molecule has 1 rings (SSSR count).